The lowest BCUT2D eigenvalue weighted by Gasteiger charge is -2.11. The molecule has 3 rings (SSSR count). The van der Waals surface area contributed by atoms with Gasteiger partial charge in [-0.3, -0.25) is 4.68 Å². The Morgan fingerprint density at radius 2 is 1.77 bits per heavy atom. The maximum Gasteiger partial charge on any atom is 0.356 e. The molecule has 2 aromatic carbocycles. The molecule has 1 aromatic heterocycles. The zero-order valence-corrected chi connectivity index (χ0v) is 11.7. The van der Waals surface area contributed by atoms with Crippen LogP contribution < -0.4 is 4.74 Å². The van der Waals surface area contributed by atoms with Crippen molar-refractivity contribution in [1.82, 2.24) is 9.78 Å². The van der Waals surface area contributed by atoms with Crippen LogP contribution in [0.3, 0.4) is 0 Å². The molecular weight excluding hydrogens is 280 g/mol. The molecule has 0 aliphatic heterocycles. The number of hydrogen-bond acceptors (Lipinski definition) is 3. The Morgan fingerprint density at radius 3 is 2.50 bits per heavy atom. The summed E-state index contributed by atoms with van der Waals surface area (Å²) in [6.07, 6.45) is 1.64. The van der Waals surface area contributed by atoms with E-state index in [1.165, 1.54) is 6.07 Å². The average Bonchev–Trinajstić information content (AvgIpc) is 2.99. The molecule has 0 spiro atoms. The van der Waals surface area contributed by atoms with Gasteiger partial charge in [-0.25, -0.2) is 4.79 Å². The molecule has 3 aromatic rings. The van der Waals surface area contributed by atoms with Crippen LogP contribution >= 0.6 is 0 Å². The van der Waals surface area contributed by atoms with Crippen molar-refractivity contribution in [3.8, 4) is 11.5 Å². The summed E-state index contributed by atoms with van der Waals surface area (Å²) >= 11 is 0. The number of nitrogens with zero attached hydrogens (tertiary/aromatic N) is 2. The zero-order chi connectivity index (χ0) is 15.4. The molecule has 1 N–H and O–H groups in total. The van der Waals surface area contributed by atoms with Crippen molar-refractivity contribution in [2.75, 3.05) is 0 Å². The topological polar surface area (TPSA) is 64.3 Å². The fourth-order valence-electron chi connectivity index (χ4n) is 2.09. The minimum Gasteiger partial charge on any atom is -0.476 e. The molecule has 0 bridgehead atoms. The molecule has 0 radical (unpaired) electrons. The van der Waals surface area contributed by atoms with E-state index in [4.69, 9.17) is 9.84 Å². The minimum atomic E-state index is -1.03. The van der Waals surface area contributed by atoms with Crippen molar-refractivity contribution in [2.24, 2.45) is 0 Å². The van der Waals surface area contributed by atoms with E-state index in [1.54, 1.807) is 10.9 Å². The summed E-state index contributed by atoms with van der Waals surface area (Å²) in [5.41, 5.74) is 0.952. The third-order valence-corrected chi connectivity index (χ3v) is 3.14. The summed E-state index contributed by atoms with van der Waals surface area (Å²) in [4.78, 5) is 10.9. The molecule has 0 fully saturated rings. The molecule has 5 heteroatoms. The number of hydrogen-bond donors (Lipinski definition) is 1. The van der Waals surface area contributed by atoms with Crippen molar-refractivity contribution in [2.45, 2.75) is 6.54 Å². The van der Waals surface area contributed by atoms with Crippen LogP contribution in [-0.4, -0.2) is 20.9 Å². The van der Waals surface area contributed by atoms with E-state index in [2.05, 4.69) is 5.10 Å². The third-order valence-electron chi connectivity index (χ3n) is 3.14. The van der Waals surface area contributed by atoms with Gasteiger partial charge in [0.2, 0.25) is 0 Å². The number of para-hydroxylation sites is 2. The van der Waals surface area contributed by atoms with E-state index in [-0.39, 0.29) is 5.69 Å². The molecule has 0 aliphatic rings. The van der Waals surface area contributed by atoms with Crippen LogP contribution in [0.2, 0.25) is 0 Å². The normalized spacial score (nSPS) is 10.4. The molecule has 1 heterocycles. The number of carboxylic acid groups (broad SMARTS) is 1. The van der Waals surface area contributed by atoms with E-state index < -0.39 is 5.97 Å². The lowest BCUT2D eigenvalue weighted by molar-refractivity contribution is 0.0689. The first-order valence-corrected chi connectivity index (χ1v) is 6.80. The quantitative estimate of drug-likeness (QED) is 0.783. The Labute approximate surface area is 127 Å². The molecular formula is C17H14N2O3. The molecule has 0 atom stereocenters. The molecule has 0 unspecified atom stereocenters. The van der Waals surface area contributed by atoms with Crippen LogP contribution in [0, 0.1) is 0 Å². The Kier molecular flexibility index (Phi) is 3.87. The number of ether oxygens (including phenoxy) is 1. The lowest BCUT2D eigenvalue weighted by atomic mass is 10.2. The maximum absolute atomic E-state index is 10.9. The molecule has 0 amide bonds. The molecule has 0 saturated carbocycles. The molecule has 0 saturated heterocycles. The summed E-state index contributed by atoms with van der Waals surface area (Å²) in [5, 5.41) is 12.9. The fourth-order valence-corrected chi connectivity index (χ4v) is 2.09. The van der Waals surface area contributed by atoms with Crippen molar-refractivity contribution in [3.05, 3.63) is 78.1 Å². The first-order valence-electron chi connectivity index (χ1n) is 6.80. The highest BCUT2D eigenvalue weighted by molar-refractivity contribution is 5.85. The van der Waals surface area contributed by atoms with E-state index in [0.29, 0.717) is 6.54 Å². The van der Waals surface area contributed by atoms with Crippen molar-refractivity contribution >= 4 is 5.97 Å². The highest BCUT2D eigenvalue weighted by Crippen LogP contribution is 2.25. The highest BCUT2D eigenvalue weighted by Gasteiger charge is 2.09. The highest BCUT2D eigenvalue weighted by atomic mass is 16.5. The number of aromatic nitrogens is 2. The Balaban J connectivity index is 1.83. The van der Waals surface area contributed by atoms with Gasteiger partial charge >= 0.3 is 5.97 Å². The van der Waals surface area contributed by atoms with Gasteiger partial charge in [-0.05, 0) is 24.3 Å². The van der Waals surface area contributed by atoms with Gasteiger partial charge in [-0.2, -0.15) is 5.10 Å². The van der Waals surface area contributed by atoms with Gasteiger partial charge in [-0.15, -0.1) is 0 Å². The van der Waals surface area contributed by atoms with Crippen LogP contribution in [0.5, 0.6) is 11.5 Å². The second kappa shape index (κ2) is 6.13. The Hall–Kier alpha value is -3.08. The summed E-state index contributed by atoms with van der Waals surface area (Å²) in [7, 11) is 0. The summed E-state index contributed by atoms with van der Waals surface area (Å²) in [6, 6.07) is 18.6. The number of benzene rings is 2. The minimum absolute atomic E-state index is 0.0291. The van der Waals surface area contributed by atoms with Gasteiger partial charge in [0.1, 0.15) is 11.5 Å². The smallest absolute Gasteiger partial charge is 0.356 e. The average molecular weight is 294 g/mol. The molecule has 5 nitrogen and oxygen atoms in total. The van der Waals surface area contributed by atoms with Gasteiger partial charge in [0.05, 0.1) is 6.54 Å². The van der Waals surface area contributed by atoms with Gasteiger partial charge < -0.3 is 9.84 Å². The fraction of sp³-hybridized carbons (Fsp3) is 0.0588. The molecule has 110 valence electrons. The number of carboxylic acids is 1. The molecule has 22 heavy (non-hydrogen) atoms. The van der Waals surface area contributed by atoms with E-state index >= 15 is 0 Å². The van der Waals surface area contributed by atoms with Gasteiger partial charge in [0.15, 0.2) is 5.69 Å². The van der Waals surface area contributed by atoms with Crippen molar-refractivity contribution in [3.63, 3.8) is 0 Å². The van der Waals surface area contributed by atoms with E-state index in [9.17, 15) is 4.79 Å². The summed E-state index contributed by atoms with van der Waals surface area (Å²) in [5.74, 6) is 0.440. The van der Waals surface area contributed by atoms with E-state index in [0.717, 1.165) is 17.1 Å². The number of aromatic carboxylic acids is 1. The van der Waals surface area contributed by atoms with Gasteiger partial charge in [-0.1, -0.05) is 36.4 Å². The van der Waals surface area contributed by atoms with Crippen LogP contribution in [0.15, 0.2) is 66.9 Å². The number of rotatable bonds is 5. The van der Waals surface area contributed by atoms with Crippen LogP contribution in [0.4, 0.5) is 0 Å². The second-order valence-corrected chi connectivity index (χ2v) is 4.73. The zero-order valence-electron chi connectivity index (χ0n) is 11.7. The third kappa shape index (κ3) is 3.15. The standard InChI is InChI=1S/C17H14N2O3/c20-17(21)15-10-11-19(18-15)12-13-6-4-5-9-16(13)22-14-7-2-1-3-8-14/h1-11H,12H2,(H,20,21). The van der Waals surface area contributed by atoms with Gasteiger partial charge in [0.25, 0.3) is 0 Å². The van der Waals surface area contributed by atoms with Gasteiger partial charge in [0, 0.05) is 11.8 Å². The van der Waals surface area contributed by atoms with Crippen LogP contribution in [0.25, 0.3) is 0 Å². The Bertz CT molecular complexity index is 781. The summed E-state index contributed by atoms with van der Waals surface area (Å²) in [6.45, 7) is 0.441. The van der Waals surface area contributed by atoms with E-state index in [1.807, 2.05) is 54.6 Å². The first kappa shape index (κ1) is 13.9. The maximum atomic E-state index is 10.9. The lowest BCUT2D eigenvalue weighted by Crippen LogP contribution is -2.05. The predicted octanol–water partition coefficient (Wildman–Crippen LogP) is 3.42. The van der Waals surface area contributed by atoms with Crippen molar-refractivity contribution < 1.29 is 14.6 Å². The predicted molar refractivity (Wildman–Crippen MR) is 81.2 cm³/mol. The van der Waals surface area contributed by atoms with Crippen LogP contribution in [-0.2, 0) is 6.54 Å². The van der Waals surface area contributed by atoms with Crippen LogP contribution in [0.1, 0.15) is 16.1 Å². The second-order valence-electron chi connectivity index (χ2n) is 4.73. The summed E-state index contributed by atoms with van der Waals surface area (Å²) < 4.78 is 7.46. The first-order chi connectivity index (χ1) is 10.7. The Morgan fingerprint density at radius 1 is 1.05 bits per heavy atom. The SMILES string of the molecule is O=C(O)c1ccn(Cc2ccccc2Oc2ccccc2)n1. The molecule has 0 aliphatic carbocycles. The largest absolute Gasteiger partial charge is 0.476 e. The number of carbonyl (C=O) groups is 1. The monoisotopic (exact) mass is 294 g/mol. The van der Waals surface area contributed by atoms with Crippen molar-refractivity contribution in [1.29, 1.82) is 0 Å².